The summed E-state index contributed by atoms with van der Waals surface area (Å²) in [4.78, 5) is 13.4. The van der Waals surface area contributed by atoms with Crippen LogP contribution in [-0.4, -0.2) is 43.2 Å². The second-order valence-corrected chi connectivity index (χ2v) is 3.71. The third-order valence-electron chi connectivity index (χ3n) is 2.65. The van der Waals surface area contributed by atoms with E-state index in [-0.39, 0.29) is 11.9 Å². The van der Waals surface area contributed by atoms with Crippen molar-refractivity contribution >= 4 is 5.91 Å². The summed E-state index contributed by atoms with van der Waals surface area (Å²) in [5.74, 6) is -0.194. The lowest BCUT2D eigenvalue weighted by Crippen LogP contribution is -2.49. The molecule has 1 saturated heterocycles. The minimum Gasteiger partial charge on any atom is -0.379 e. The van der Waals surface area contributed by atoms with Crippen molar-refractivity contribution in [3.05, 3.63) is 0 Å². The van der Waals surface area contributed by atoms with Crippen LogP contribution in [0.3, 0.4) is 0 Å². The van der Waals surface area contributed by atoms with E-state index < -0.39 is 0 Å². The van der Waals surface area contributed by atoms with Crippen molar-refractivity contribution in [1.29, 1.82) is 0 Å². The average Bonchev–Trinajstić information content (AvgIpc) is 2.19. The van der Waals surface area contributed by atoms with Crippen molar-refractivity contribution in [2.75, 3.05) is 26.3 Å². The minimum absolute atomic E-state index is 0.0844. The van der Waals surface area contributed by atoms with Gasteiger partial charge in [-0.05, 0) is 6.42 Å². The maximum absolute atomic E-state index is 11.2. The highest BCUT2D eigenvalue weighted by Gasteiger charge is 2.24. The topological polar surface area (TPSA) is 55.6 Å². The average molecular weight is 200 g/mol. The number of nitrogens with two attached hydrogens (primary N) is 1. The molecule has 1 unspecified atom stereocenters. The van der Waals surface area contributed by atoms with Gasteiger partial charge in [0.1, 0.15) is 0 Å². The highest BCUT2D eigenvalue weighted by molar-refractivity contribution is 5.79. The quantitative estimate of drug-likeness (QED) is 0.697. The number of ether oxygens (including phenoxy) is 1. The van der Waals surface area contributed by atoms with Crippen molar-refractivity contribution in [3.8, 4) is 0 Å². The van der Waals surface area contributed by atoms with Crippen LogP contribution in [0.15, 0.2) is 0 Å². The number of hydrogen-bond donors (Lipinski definition) is 1. The van der Waals surface area contributed by atoms with E-state index in [0.717, 1.165) is 45.6 Å². The Hall–Kier alpha value is -0.610. The Morgan fingerprint density at radius 1 is 1.50 bits per heavy atom. The molecule has 0 aliphatic carbocycles. The SMILES string of the molecule is CCCCC(C(N)=O)N1CCOCC1. The number of primary amides is 1. The fourth-order valence-corrected chi connectivity index (χ4v) is 1.79. The molecule has 1 heterocycles. The summed E-state index contributed by atoms with van der Waals surface area (Å²) in [6.07, 6.45) is 3.05. The van der Waals surface area contributed by atoms with Crippen LogP contribution >= 0.6 is 0 Å². The maximum atomic E-state index is 11.2. The van der Waals surface area contributed by atoms with E-state index in [4.69, 9.17) is 10.5 Å². The number of rotatable bonds is 5. The van der Waals surface area contributed by atoms with Crippen molar-refractivity contribution in [3.63, 3.8) is 0 Å². The number of morpholine rings is 1. The van der Waals surface area contributed by atoms with E-state index in [2.05, 4.69) is 11.8 Å². The van der Waals surface area contributed by atoms with Crippen LogP contribution in [-0.2, 0) is 9.53 Å². The highest BCUT2D eigenvalue weighted by atomic mass is 16.5. The van der Waals surface area contributed by atoms with Gasteiger partial charge in [-0.3, -0.25) is 9.69 Å². The van der Waals surface area contributed by atoms with Gasteiger partial charge in [0, 0.05) is 13.1 Å². The summed E-state index contributed by atoms with van der Waals surface area (Å²) < 4.78 is 5.24. The Morgan fingerprint density at radius 2 is 2.14 bits per heavy atom. The molecule has 14 heavy (non-hydrogen) atoms. The molecule has 0 saturated carbocycles. The Balaban J connectivity index is 2.43. The van der Waals surface area contributed by atoms with Gasteiger partial charge in [-0.15, -0.1) is 0 Å². The third kappa shape index (κ3) is 3.27. The van der Waals surface area contributed by atoms with Crippen LogP contribution in [0.4, 0.5) is 0 Å². The van der Waals surface area contributed by atoms with Crippen molar-refractivity contribution in [2.45, 2.75) is 32.2 Å². The summed E-state index contributed by atoms with van der Waals surface area (Å²) in [6, 6.07) is -0.0844. The predicted molar refractivity (Wildman–Crippen MR) is 54.9 cm³/mol. The molecule has 4 nitrogen and oxygen atoms in total. The molecule has 0 aromatic carbocycles. The minimum atomic E-state index is -0.194. The molecule has 1 amide bonds. The number of carbonyl (C=O) groups excluding carboxylic acids is 1. The second-order valence-electron chi connectivity index (χ2n) is 3.71. The van der Waals surface area contributed by atoms with Gasteiger partial charge in [-0.25, -0.2) is 0 Å². The third-order valence-corrected chi connectivity index (χ3v) is 2.65. The Labute approximate surface area is 85.4 Å². The highest BCUT2D eigenvalue weighted by Crippen LogP contribution is 2.10. The number of nitrogens with zero attached hydrogens (tertiary/aromatic N) is 1. The van der Waals surface area contributed by atoms with Gasteiger partial charge < -0.3 is 10.5 Å². The molecular weight excluding hydrogens is 180 g/mol. The molecule has 4 heteroatoms. The zero-order chi connectivity index (χ0) is 10.4. The van der Waals surface area contributed by atoms with Crippen LogP contribution in [0.1, 0.15) is 26.2 Å². The Bertz CT molecular complexity index is 179. The standard InChI is InChI=1S/C10H20N2O2/c1-2-3-4-9(10(11)13)12-5-7-14-8-6-12/h9H,2-8H2,1H3,(H2,11,13). The lowest BCUT2D eigenvalue weighted by Gasteiger charge is -2.32. The van der Waals surface area contributed by atoms with E-state index in [0.29, 0.717) is 0 Å². The molecule has 0 radical (unpaired) electrons. The fraction of sp³-hybridized carbons (Fsp3) is 0.900. The van der Waals surface area contributed by atoms with E-state index in [9.17, 15) is 4.79 Å². The summed E-state index contributed by atoms with van der Waals surface area (Å²) in [7, 11) is 0. The van der Waals surface area contributed by atoms with Gasteiger partial charge in [0.15, 0.2) is 0 Å². The maximum Gasteiger partial charge on any atom is 0.234 e. The van der Waals surface area contributed by atoms with Crippen LogP contribution in [0, 0.1) is 0 Å². The summed E-state index contributed by atoms with van der Waals surface area (Å²) in [5, 5.41) is 0. The lowest BCUT2D eigenvalue weighted by atomic mass is 10.1. The first-order chi connectivity index (χ1) is 6.75. The normalized spacial score (nSPS) is 20.6. The van der Waals surface area contributed by atoms with Crippen LogP contribution in [0.2, 0.25) is 0 Å². The number of hydrogen-bond acceptors (Lipinski definition) is 3. The van der Waals surface area contributed by atoms with Crippen LogP contribution in [0.5, 0.6) is 0 Å². The fourth-order valence-electron chi connectivity index (χ4n) is 1.79. The first-order valence-corrected chi connectivity index (χ1v) is 5.36. The number of amides is 1. The number of carbonyl (C=O) groups is 1. The van der Waals surface area contributed by atoms with Gasteiger partial charge in [0.25, 0.3) is 0 Å². The van der Waals surface area contributed by atoms with Crippen molar-refractivity contribution in [1.82, 2.24) is 4.90 Å². The Morgan fingerprint density at radius 3 is 2.64 bits per heavy atom. The van der Waals surface area contributed by atoms with Gasteiger partial charge in [-0.1, -0.05) is 19.8 Å². The molecule has 2 N–H and O–H groups in total. The molecular formula is C10H20N2O2. The summed E-state index contributed by atoms with van der Waals surface area (Å²) in [5.41, 5.74) is 5.39. The monoisotopic (exact) mass is 200 g/mol. The molecule has 0 aromatic heterocycles. The molecule has 0 bridgehead atoms. The molecule has 0 spiro atoms. The molecule has 1 aliphatic heterocycles. The molecule has 1 atom stereocenters. The Kier molecular flexibility index (Phi) is 4.90. The largest absolute Gasteiger partial charge is 0.379 e. The van der Waals surface area contributed by atoms with Gasteiger partial charge in [-0.2, -0.15) is 0 Å². The van der Waals surface area contributed by atoms with Gasteiger partial charge in [0.2, 0.25) is 5.91 Å². The second kappa shape index (κ2) is 5.98. The molecule has 1 aliphatic rings. The predicted octanol–water partition coefficient (Wildman–Crippen LogP) is 0.363. The summed E-state index contributed by atoms with van der Waals surface area (Å²) >= 11 is 0. The van der Waals surface area contributed by atoms with Gasteiger partial charge >= 0.3 is 0 Å². The first kappa shape index (κ1) is 11.5. The molecule has 0 aromatic rings. The van der Waals surface area contributed by atoms with Crippen LogP contribution in [0.25, 0.3) is 0 Å². The van der Waals surface area contributed by atoms with Gasteiger partial charge in [0.05, 0.1) is 19.3 Å². The molecule has 1 fully saturated rings. The van der Waals surface area contributed by atoms with Crippen LogP contribution < -0.4 is 5.73 Å². The molecule has 82 valence electrons. The van der Waals surface area contributed by atoms with Crippen molar-refractivity contribution in [2.24, 2.45) is 5.73 Å². The zero-order valence-electron chi connectivity index (χ0n) is 8.87. The number of unbranched alkanes of at least 4 members (excludes halogenated alkanes) is 1. The zero-order valence-corrected chi connectivity index (χ0v) is 8.87. The van der Waals surface area contributed by atoms with E-state index in [1.807, 2.05) is 0 Å². The molecule has 1 rings (SSSR count). The van der Waals surface area contributed by atoms with E-state index >= 15 is 0 Å². The smallest absolute Gasteiger partial charge is 0.234 e. The van der Waals surface area contributed by atoms with E-state index in [1.165, 1.54) is 0 Å². The van der Waals surface area contributed by atoms with E-state index in [1.54, 1.807) is 0 Å². The first-order valence-electron chi connectivity index (χ1n) is 5.36. The van der Waals surface area contributed by atoms with Crippen molar-refractivity contribution < 1.29 is 9.53 Å². The lowest BCUT2D eigenvalue weighted by molar-refractivity contribution is -0.125. The summed E-state index contributed by atoms with van der Waals surface area (Å²) in [6.45, 7) is 5.22.